The number of benzene rings is 1. The van der Waals surface area contributed by atoms with Gasteiger partial charge in [0.25, 0.3) is 0 Å². The van der Waals surface area contributed by atoms with E-state index < -0.39 is 63.6 Å². The molecule has 11 atom stereocenters. The van der Waals surface area contributed by atoms with Crippen LogP contribution in [0.15, 0.2) is 47.6 Å². The van der Waals surface area contributed by atoms with Gasteiger partial charge in [-0.3, -0.25) is 19.2 Å². The summed E-state index contributed by atoms with van der Waals surface area (Å²) < 4.78 is 0. The number of hydrogen-bond donors (Lipinski definition) is 4. The summed E-state index contributed by atoms with van der Waals surface area (Å²) in [7, 11) is 0. The number of ketones is 3. The van der Waals surface area contributed by atoms with Crippen molar-refractivity contribution in [1.82, 2.24) is 0 Å². The number of carbonyl (C=O) groups excluding carboxylic acids is 3. The summed E-state index contributed by atoms with van der Waals surface area (Å²) in [6.45, 7) is 13.0. The number of aliphatic carboxylic acids is 1. The fraction of sp³-hybridized carbons (Fsp3) is 0.632. The summed E-state index contributed by atoms with van der Waals surface area (Å²) >= 11 is 0. The first-order valence-corrected chi connectivity index (χ1v) is 16.7. The molecule has 0 spiro atoms. The van der Waals surface area contributed by atoms with Gasteiger partial charge in [-0.25, -0.2) is 0 Å². The first kappa shape index (κ1) is 34.4. The predicted molar refractivity (Wildman–Crippen MR) is 173 cm³/mol. The fourth-order valence-electron chi connectivity index (χ4n) is 10.5. The van der Waals surface area contributed by atoms with E-state index in [4.69, 9.17) is 0 Å². The topological polar surface area (TPSA) is 149 Å². The van der Waals surface area contributed by atoms with Crippen LogP contribution in [0.3, 0.4) is 0 Å². The molecule has 2 fully saturated rings. The molecule has 5 rings (SSSR count). The number of Topliss-reactive ketones (excluding diaryl/α,β-unsaturated/α-hetero) is 3. The number of rotatable bonds is 8. The van der Waals surface area contributed by atoms with Crippen LogP contribution in [0, 0.1) is 51.2 Å². The second-order valence-electron chi connectivity index (χ2n) is 15.9. The molecule has 1 aromatic carbocycles. The molecule has 1 aromatic rings. The Labute approximate surface area is 272 Å². The number of carbonyl (C=O) groups is 4. The van der Waals surface area contributed by atoms with Crippen molar-refractivity contribution in [2.75, 3.05) is 0 Å². The summed E-state index contributed by atoms with van der Waals surface area (Å²) in [4.78, 5) is 52.0. The first-order chi connectivity index (χ1) is 21.3. The Morgan fingerprint density at radius 2 is 1.65 bits per heavy atom. The molecule has 8 nitrogen and oxygen atoms in total. The maximum absolute atomic E-state index is 14.6. The van der Waals surface area contributed by atoms with Gasteiger partial charge in [-0.05, 0) is 60.5 Å². The van der Waals surface area contributed by atoms with Crippen LogP contribution in [0.25, 0.3) is 6.08 Å². The van der Waals surface area contributed by atoms with Gasteiger partial charge >= 0.3 is 5.97 Å². The van der Waals surface area contributed by atoms with Crippen LogP contribution >= 0.6 is 0 Å². The van der Waals surface area contributed by atoms with E-state index in [1.807, 2.05) is 77.1 Å². The lowest BCUT2D eigenvalue weighted by molar-refractivity contribution is -0.151. The van der Waals surface area contributed by atoms with Gasteiger partial charge < -0.3 is 20.4 Å². The number of carboxylic acid groups (broad SMARTS) is 1. The Morgan fingerprint density at radius 1 is 1.02 bits per heavy atom. The Balaban J connectivity index is 1.62. The van der Waals surface area contributed by atoms with E-state index in [0.717, 1.165) is 5.56 Å². The van der Waals surface area contributed by atoms with Crippen molar-refractivity contribution < 1.29 is 39.6 Å². The molecule has 4 aliphatic rings. The van der Waals surface area contributed by atoms with Gasteiger partial charge in [0.1, 0.15) is 17.8 Å². The van der Waals surface area contributed by atoms with E-state index in [-0.39, 0.29) is 42.2 Å². The van der Waals surface area contributed by atoms with Crippen molar-refractivity contribution >= 4 is 29.4 Å². The Hall–Kier alpha value is -2.94. The van der Waals surface area contributed by atoms with Crippen molar-refractivity contribution in [2.45, 2.75) is 98.9 Å². The standard InChI is InChI=1S/C38H50O8/c1-20(17-25(39)31(43)21(2)34(45)46)24-18-28(42)38(7)30-29(26(40)19-37(24,38)6)36(5)16-15-27(41)35(3,4)33(36)23(32(30)44)14-13-22-11-9-8-10-12-22/h8-14,20-21,23-25,28,32-33,39,42,44H,15-19H2,1-7H3,(H,45,46)/t20-,21-,23+,24+,25+,28+,32-,33+,36-,37-,38-/m1/s1. The molecule has 4 aliphatic carbocycles. The second kappa shape index (κ2) is 11.6. The van der Waals surface area contributed by atoms with Crippen molar-refractivity contribution in [3.8, 4) is 0 Å². The monoisotopic (exact) mass is 634 g/mol. The van der Waals surface area contributed by atoms with Gasteiger partial charge in [-0.15, -0.1) is 0 Å². The van der Waals surface area contributed by atoms with E-state index in [2.05, 4.69) is 6.92 Å². The zero-order valence-corrected chi connectivity index (χ0v) is 28.1. The average molecular weight is 635 g/mol. The molecular formula is C38H50O8. The molecule has 2 saturated carbocycles. The van der Waals surface area contributed by atoms with Gasteiger partial charge in [0.2, 0.25) is 0 Å². The maximum Gasteiger partial charge on any atom is 0.313 e. The molecule has 4 N–H and O–H groups in total. The highest BCUT2D eigenvalue weighted by atomic mass is 16.4. The lowest BCUT2D eigenvalue weighted by Gasteiger charge is -2.63. The van der Waals surface area contributed by atoms with Crippen LogP contribution in [-0.2, 0) is 19.2 Å². The highest BCUT2D eigenvalue weighted by Gasteiger charge is 2.71. The Kier molecular flexibility index (Phi) is 8.70. The van der Waals surface area contributed by atoms with Crippen LogP contribution in [0.5, 0.6) is 0 Å². The smallest absolute Gasteiger partial charge is 0.313 e. The third-order valence-electron chi connectivity index (χ3n) is 13.2. The van der Waals surface area contributed by atoms with Crippen molar-refractivity contribution in [2.24, 2.45) is 51.2 Å². The van der Waals surface area contributed by atoms with E-state index in [1.165, 1.54) is 6.92 Å². The molecule has 0 aromatic heterocycles. The summed E-state index contributed by atoms with van der Waals surface area (Å²) in [6.07, 6.45) is 1.65. The molecule has 0 bridgehead atoms. The van der Waals surface area contributed by atoms with Crippen LogP contribution in [-0.4, -0.2) is 62.1 Å². The third kappa shape index (κ3) is 4.89. The summed E-state index contributed by atoms with van der Waals surface area (Å²) in [6, 6.07) is 9.74. The Morgan fingerprint density at radius 3 is 2.26 bits per heavy atom. The molecular weight excluding hydrogens is 584 g/mol. The highest BCUT2D eigenvalue weighted by molar-refractivity contribution is 6.01. The van der Waals surface area contributed by atoms with Crippen molar-refractivity contribution in [3.05, 3.63) is 53.1 Å². The SMILES string of the molecule is C[C@@H](C(=O)O)C(=O)[C@@H](O)C[C@@H](C)[C@@H]1C[C@H](O)[C@]2(C)C3=C(C(=O)C[C@]12C)[C@@]1(C)CCC(=O)C(C)(C)[C@@H]1[C@@H](C=Cc1ccccc1)[C@H]3O. The summed E-state index contributed by atoms with van der Waals surface area (Å²) in [5.74, 6) is -4.86. The molecule has 0 heterocycles. The normalized spacial score (nSPS) is 39.0. The number of aliphatic hydroxyl groups excluding tert-OH is 3. The van der Waals surface area contributed by atoms with E-state index in [1.54, 1.807) is 0 Å². The Bertz CT molecular complexity index is 1490. The second-order valence-corrected chi connectivity index (χ2v) is 15.9. The highest BCUT2D eigenvalue weighted by Crippen LogP contribution is 2.72. The first-order valence-electron chi connectivity index (χ1n) is 16.7. The zero-order valence-electron chi connectivity index (χ0n) is 28.1. The maximum atomic E-state index is 14.6. The summed E-state index contributed by atoms with van der Waals surface area (Å²) in [5.41, 5.74) is -1.26. The van der Waals surface area contributed by atoms with Gasteiger partial charge in [-0.1, -0.05) is 84.0 Å². The van der Waals surface area contributed by atoms with Gasteiger partial charge in [-0.2, -0.15) is 0 Å². The predicted octanol–water partition coefficient (Wildman–Crippen LogP) is 5.04. The molecule has 0 aliphatic heterocycles. The van der Waals surface area contributed by atoms with Crippen LogP contribution < -0.4 is 0 Å². The number of allylic oxidation sites excluding steroid dienone is 1. The van der Waals surface area contributed by atoms with Crippen LogP contribution in [0.1, 0.15) is 86.1 Å². The van der Waals surface area contributed by atoms with Crippen LogP contribution in [0.4, 0.5) is 0 Å². The van der Waals surface area contributed by atoms with Crippen molar-refractivity contribution in [1.29, 1.82) is 0 Å². The molecule has 0 amide bonds. The number of carboxylic acids is 1. The molecule has 0 unspecified atom stereocenters. The van der Waals surface area contributed by atoms with Crippen molar-refractivity contribution in [3.63, 3.8) is 0 Å². The van der Waals surface area contributed by atoms with Crippen LogP contribution in [0.2, 0.25) is 0 Å². The van der Waals surface area contributed by atoms with E-state index >= 15 is 0 Å². The third-order valence-corrected chi connectivity index (χ3v) is 13.2. The molecule has 8 heteroatoms. The van der Waals surface area contributed by atoms with Gasteiger partial charge in [0, 0.05) is 40.6 Å². The van der Waals surface area contributed by atoms with E-state index in [0.29, 0.717) is 30.4 Å². The number of hydrogen-bond acceptors (Lipinski definition) is 7. The van der Waals surface area contributed by atoms with E-state index in [9.17, 15) is 39.6 Å². The minimum atomic E-state index is -1.49. The minimum Gasteiger partial charge on any atom is -0.481 e. The van der Waals surface area contributed by atoms with Gasteiger partial charge in [0.15, 0.2) is 11.6 Å². The molecule has 0 saturated heterocycles. The number of fused-ring (bicyclic) bond motifs is 4. The lowest BCUT2D eigenvalue weighted by Crippen LogP contribution is -2.63. The zero-order chi connectivity index (χ0) is 34.1. The average Bonchev–Trinajstić information content (AvgIpc) is 3.20. The fourth-order valence-corrected chi connectivity index (χ4v) is 10.5. The molecule has 250 valence electrons. The lowest BCUT2D eigenvalue weighted by atomic mass is 9.40. The molecule has 46 heavy (non-hydrogen) atoms. The number of aliphatic hydroxyl groups is 3. The van der Waals surface area contributed by atoms with Gasteiger partial charge in [0.05, 0.1) is 12.2 Å². The molecule has 0 radical (unpaired) electrons. The largest absolute Gasteiger partial charge is 0.481 e. The minimum absolute atomic E-state index is 0.000682. The summed E-state index contributed by atoms with van der Waals surface area (Å²) in [5, 5.41) is 44.6. The quantitative estimate of drug-likeness (QED) is 0.291.